The van der Waals surface area contributed by atoms with E-state index in [2.05, 4.69) is 33.6 Å². The van der Waals surface area contributed by atoms with E-state index < -0.39 is 0 Å². The van der Waals surface area contributed by atoms with Gasteiger partial charge in [0.2, 0.25) is 0 Å². The van der Waals surface area contributed by atoms with E-state index in [0.29, 0.717) is 6.61 Å². The smallest absolute Gasteiger partial charge is 0.256 e. The third-order valence-electron chi connectivity index (χ3n) is 5.65. The fourth-order valence-electron chi connectivity index (χ4n) is 4.10. The molecule has 1 unspecified atom stereocenters. The zero-order valence-corrected chi connectivity index (χ0v) is 19.0. The van der Waals surface area contributed by atoms with Gasteiger partial charge in [0.1, 0.15) is 30.1 Å². The van der Waals surface area contributed by atoms with Crippen molar-refractivity contribution in [1.82, 2.24) is 5.32 Å². The molecule has 0 aliphatic carbocycles. The molecule has 0 bridgehead atoms. The third kappa shape index (κ3) is 3.73. The molecule has 0 radical (unpaired) electrons. The van der Waals surface area contributed by atoms with Crippen molar-refractivity contribution >= 4 is 38.2 Å². The molecule has 3 aromatic rings. The number of hydrogen-bond acceptors (Lipinski definition) is 4. The van der Waals surface area contributed by atoms with Gasteiger partial charge in [0.25, 0.3) is 5.91 Å². The monoisotopic (exact) mass is 484 g/mol. The molecule has 0 saturated heterocycles. The lowest BCUT2D eigenvalue weighted by Gasteiger charge is -2.28. The second kappa shape index (κ2) is 8.06. The summed E-state index contributed by atoms with van der Waals surface area (Å²) >= 11 is 5.28. The zero-order chi connectivity index (χ0) is 20.7. The highest BCUT2D eigenvalue weighted by Gasteiger charge is 2.34. The molecule has 2 aliphatic heterocycles. The quantitative estimate of drug-likeness (QED) is 0.530. The fraction of sp³-hybridized carbons (Fsp3) is 0.261. The molecular formula is C23H23BrN3O2S+. The van der Waals surface area contributed by atoms with Gasteiger partial charge in [-0.05, 0) is 29.3 Å². The van der Waals surface area contributed by atoms with Gasteiger partial charge in [-0.2, -0.15) is 0 Å². The van der Waals surface area contributed by atoms with Gasteiger partial charge in [-0.1, -0.05) is 46.3 Å². The molecule has 3 N–H and O–H groups in total. The highest BCUT2D eigenvalue weighted by Crippen LogP contribution is 2.40. The molecule has 154 valence electrons. The summed E-state index contributed by atoms with van der Waals surface area (Å²) < 4.78 is 7.08. The number of quaternary nitrogens is 1. The van der Waals surface area contributed by atoms with Gasteiger partial charge in [0, 0.05) is 16.5 Å². The van der Waals surface area contributed by atoms with E-state index in [9.17, 15) is 4.79 Å². The topological polar surface area (TPSA) is 54.8 Å². The fourth-order valence-corrected chi connectivity index (χ4v) is 5.87. The number of hydrogen-bond donors (Lipinski definition) is 3. The van der Waals surface area contributed by atoms with Gasteiger partial charge in [0.15, 0.2) is 0 Å². The van der Waals surface area contributed by atoms with E-state index in [4.69, 9.17) is 4.74 Å². The zero-order valence-electron chi connectivity index (χ0n) is 16.6. The van der Waals surface area contributed by atoms with Crippen molar-refractivity contribution in [1.29, 1.82) is 0 Å². The van der Waals surface area contributed by atoms with Crippen molar-refractivity contribution in [3.05, 3.63) is 80.1 Å². The van der Waals surface area contributed by atoms with Crippen LogP contribution in [0.25, 0.3) is 0 Å². The molecule has 0 spiro atoms. The lowest BCUT2D eigenvalue weighted by molar-refractivity contribution is -0.895. The highest BCUT2D eigenvalue weighted by atomic mass is 79.9. The van der Waals surface area contributed by atoms with Crippen LogP contribution in [-0.2, 0) is 19.6 Å². The van der Waals surface area contributed by atoms with Gasteiger partial charge in [-0.15, -0.1) is 11.3 Å². The number of anilines is 1. The van der Waals surface area contributed by atoms with E-state index >= 15 is 0 Å². The van der Waals surface area contributed by atoms with Crippen LogP contribution in [0.4, 0.5) is 5.00 Å². The van der Waals surface area contributed by atoms with Crippen LogP contribution >= 0.6 is 27.3 Å². The van der Waals surface area contributed by atoms with Crippen LogP contribution in [0.2, 0.25) is 0 Å². The minimum absolute atomic E-state index is 0.000196. The van der Waals surface area contributed by atoms with Crippen LogP contribution in [0.5, 0.6) is 5.75 Å². The Morgan fingerprint density at radius 1 is 1.20 bits per heavy atom. The first-order valence-electron chi connectivity index (χ1n) is 10.1. The largest absolute Gasteiger partial charge is 0.488 e. The molecule has 7 heteroatoms. The van der Waals surface area contributed by atoms with E-state index in [-0.39, 0.29) is 12.1 Å². The van der Waals surface area contributed by atoms with Crippen LogP contribution in [0.15, 0.2) is 53.0 Å². The summed E-state index contributed by atoms with van der Waals surface area (Å²) in [6, 6.07) is 16.0. The van der Waals surface area contributed by atoms with E-state index in [0.717, 1.165) is 51.4 Å². The molecule has 30 heavy (non-hydrogen) atoms. The predicted octanol–water partition coefficient (Wildman–Crippen LogP) is 3.51. The first-order chi connectivity index (χ1) is 14.6. The van der Waals surface area contributed by atoms with Crippen molar-refractivity contribution < 1.29 is 14.4 Å². The Balaban J connectivity index is 1.44. The van der Waals surface area contributed by atoms with Gasteiger partial charge >= 0.3 is 0 Å². The van der Waals surface area contributed by atoms with Crippen LogP contribution in [0.1, 0.15) is 38.1 Å². The van der Waals surface area contributed by atoms with E-state index in [1.165, 1.54) is 15.3 Å². The third-order valence-corrected chi connectivity index (χ3v) is 7.31. The summed E-state index contributed by atoms with van der Waals surface area (Å²) in [4.78, 5) is 15.9. The summed E-state index contributed by atoms with van der Waals surface area (Å²) in [6.07, 6.45) is 0.619. The number of thiophene rings is 1. The molecular weight excluding hydrogens is 462 g/mol. The molecule has 2 atom stereocenters. The number of ether oxygens (including phenoxy) is 1. The Morgan fingerprint density at radius 3 is 2.87 bits per heavy atom. The summed E-state index contributed by atoms with van der Waals surface area (Å²) in [5.41, 5.74) is 4.07. The van der Waals surface area contributed by atoms with E-state index in [1.54, 1.807) is 11.3 Å². The number of carbonyl (C=O) groups excluding carboxylic acids is 1. The number of halogens is 1. The molecule has 2 aliphatic rings. The van der Waals surface area contributed by atoms with Gasteiger partial charge in [-0.3, -0.25) is 4.79 Å². The summed E-state index contributed by atoms with van der Waals surface area (Å²) in [7, 11) is 2.20. The molecule has 5 rings (SSSR count). The molecule has 2 aromatic carbocycles. The number of rotatable bonds is 4. The molecule has 5 nitrogen and oxygen atoms in total. The van der Waals surface area contributed by atoms with Crippen LogP contribution in [-0.4, -0.2) is 19.5 Å². The number of benzene rings is 2. The Kier molecular flexibility index (Phi) is 5.26. The van der Waals surface area contributed by atoms with E-state index in [1.807, 2.05) is 48.5 Å². The number of fused-ring (bicyclic) bond motifs is 3. The van der Waals surface area contributed by atoms with Crippen LogP contribution in [0.3, 0.4) is 0 Å². The number of amides is 1. The van der Waals surface area contributed by atoms with Gasteiger partial charge in [0.05, 0.1) is 24.0 Å². The standard InChI is InChI=1S/C23H22BrN3O2S/c1-27-10-9-16-19(12-27)30-23-20(16)22(28)25-21(26-23)17-11-15(24)7-8-18(17)29-13-14-5-3-2-4-6-14/h2-8,11,21,26H,9-10,12-13H2,1H3,(H,25,28)/p+1/t21-/m0/s1. The summed E-state index contributed by atoms with van der Waals surface area (Å²) in [5, 5.41) is 7.68. The minimum Gasteiger partial charge on any atom is -0.488 e. The lowest BCUT2D eigenvalue weighted by atomic mass is 10.0. The van der Waals surface area contributed by atoms with Crippen molar-refractivity contribution in [2.45, 2.75) is 25.7 Å². The first-order valence-corrected chi connectivity index (χ1v) is 11.7. The average Bonchev–Trinajstić information content (AvgIpc) is 3.11. The van der Waals surface area contributed by atoms with Crippen LogP contribution in [0, 0.1) is 0 Å². The Hall–Kier alpha value is -2.35. The minimum atomic E-state index is -0.335. The van der Waals surface area contributed by atoms with Crippen molar-refractivity contribution in [2.75, 3.05) is 18.9 Å². The Morgan fingerprint density at radius 2 is 2.03 bits per heavy atom. The van der Waals surface area contributed by atoms with Crippen molar-refractivity contribution in [2.24, 2.45) is 0 Å². The van der Waals surface area contributed by atoms with Crippen LogP contribution < -0.4 is 20.3 Å². The second-order valence-electron chi connectivity index (χ2n) is 7.85. The average molecular weight is 485 g/mol. The SMILES string of the molecule is C[NH+]1CCc2c(sc3c2C(=O)N[C@H](c2cc(Br)ccc2OCc2ccccc2)N3)C1. The molecule has 1 aromatic heterocycles. The highest BCUT2D eigenvalue weighted by molar-refractivity contribution is 9.10. The second-order valence-corrected chi connectivity index (χ2v) is 9.87. The Bertz CT molecular complexity index is 1100. The number of nitrogens with one attached hydrogen (secondary N) is 3. The number of carbonyl (C=O) groups is 1. The van der Waals surface area contributed by atoms with Crippen molar-refractivity contribution in [3.63, 3.8) is 0 Å². The molecule has 1 amide bonds. The normalized spacial score (nSPS) is 20.0. The number of likely N-dealkylation sites (N-methyl/N-ethyl adjacent to an activating group) is 1. The van der Waals surface area contributed by atoms with Crippen molar-refractivity contribution in [3.8, 4) is 5.75 Å². The van der Waals surface area contributed by atoms with Gasteiger partial charge in [-0.25, -0.2) is 0 Å². The summed E-state index contributed by atoms with van der Waals surface area (Å²) in [5.74, 6) is 0.758. The molecule has 0 fully saturated rings. The Labute approximate surface area is 188 Å². The maximum atomic E-state index is 13.1. The maximum absolute atomic E-state index is 13.1. The molecule has 0 saturated carbocycles. The lowest BCUT2D eigenvalue weighted by Crippen LogP contribution is -3.08. The predicted molar refractivity (Wildman–Crippen MR) is 122 cm³/mol. The van der Waals surface area contributed by atoms with Gasteiger partial charge < -0.3 is 20.3 Å². The maximum Gasteiger partial charge on any atom is 0.256 e. The summed E-state index contributed by atoms with van der Waals surface area (Å²) in [6.45, 7) is 2.52. The first kappa shape index (κ1) is 19.6. The molecule has 3 heterocycles.